The molecule has 1 aromatic carbocycles. The molecule has 0 unspecified atom stereocenters. The van der Waals surface area contributed by atoms with Gasteiger partial charge in [0.2, 0.25) is 0 Å². The fourth-order valence-electron chi connectivity index (χ4n) is 1.33. The number of pyridine rings is 1. The van der Waals surface area contributed by atoms with Gasteiger partial charge in [0.1, 0.15) is 5.69 Å². The van der Waals surface area contributed by atoms with Gasteiger partial charge >= 0.3 is 0 Å². The number of fused-ring (bicyclic) bond motifs is 1. The van der Waals surface area contributed by atoms with Gasteiger partial charge in [0.25, 0.3) is 0 Å². The largest absolute Gasteiger partial charge is 0.291 e. The summed E-state index contributed by atoms with van der Waals surface area (Å²) < 4.78 is 0. The second kappa shape index (κ2) is 3.39. The van der Waals surface area contributed by atoms with Crippen LogP contribution in [0.15, 0.2) is 35.6 Å². The van der Waals surface area contributed by atoms with E-state index in [0.717, 1.165) is 0 Å². The summed E-state index contributed by atoms with van der Waals surface area (Å²) in [6, 6.07) is 6.50. The van der Waals surface area contributed by atoms with Crippen molar-refractivity contribution >= 4 is 22.3 Å². The van der Waals surface area contributed by atoms with Crippen LogP contribution in [0.4, 0.5) is 11.4 Å². The van der Waals surface area contributed by atoms with E-state index in [0.29, 0.717) is 22.3 Å². The van der Waals surface area contributed by atoms with Crippen LogP contribution >= 0.6 is 0 Å². The molecule has 0 bridgehead atoms. The van der Waals surface area contributed by atoms with Crippen LogP contribution in [-0.2, 0) is 0 Å². The maximum Gasteiger partial charge on any atom is 0.117 e. The molecule has 0 saturated carbocycles. The van der Waals surface area contributed by atoms with E-state index in [1.807, 2.05) is 5.48 Å². The summed E-state index contributed by atoms with van der Waals surface area (Å²) in [4.78, 5) is 14.5. The molecular weight excluding hydrogens is 182 g/mol. The molecule has 2 aromatic rings. The normalized spacial score (nSPS) is 10.1. The molecule has 0 atom stereocenters. The summed E-state index contributed by atoms with van der Waals surface area (Å²) in [5.41, 5.74) is 3.30. The number of nitroso groups, excluding NO2 is 1. The van der Waals surface area contributed by atoms with Crippen LogP contribution in [0.1, 0.15) is 0 Å². The molecule has 70 valence electrons. The van der Waals surface area contributed by atoms with E-state index in [1.54, 1.807) is 24.4 Å². The lowest BCUT2D eigenvalue weighted by Crippen LogP contribution is -1.91. The molecule has 5 nitrogen and oxygen atoms in total. The molecule has 0 aliphatic rings. The van der Waals surface area contributed by atoms with Crippen LogP contribution in [0.3, 0.4) is 0 Å². The van der Waals surface area contributed by atoms with Crippen molar-refractivity contribution in [2.45, 2.75) is 0 Å². The number of aromatic nitrogens is 1. The molecule has 2 N–H and O–H groups in total. The number of nitrogens with one attached hydrogen (secondary N) is 1. The van der Waals surface area contributed by atoms with Crippen molar-refractivity contribution in [3.63, 3.8) is 0 Å². The third kappa shape index (κ3) is 1.20. The average Bonchev–Trinajstić information content (AvgIpc) is 2.27. The molecule has 1 aromatic heterocycles. The van der Waals surface area contributed by atoms with Gasteiger partial charge < -0.3 is 0 Å². The molecule has 2 rings (SSSR count). The Morgan fingerprint density at radius 3 is 2.93 bits per heavy atom. The van der Waals surface area contributed by atoms with Gasteiger partial charge in [0.05, 0.1) is 11.2 Å². The van der Waals surface area contributed by atoms with Crippen LogP contribution in [0, 0.1) is 4.91 Å². The predicted molar refractivity (Wildman–Crippen MR) is 52.6 cm³/mol. The van der Waals surface area contributed by atoms with E-state index in [4.69, 9.17) is 5.21 Å². The molecule has 14 heavy (non-hydrogen) atoms. The minimum atomic E-state index is 0.312. The van der Waals surface area contributed by atoms with Gasteiger partial charge in [-0.15, -0.1) is 4.91 Å². The topological polar surface area (TPSA) is 74.6 Å². The Labute approximate surface area is 79.3 Å². The van der Waals surface area contributed by atoms with Crippen LogP contribution < -0.4 is 5.48 Å². The standard InChI is InChI=1S/C9H7N3O2/c13-11-7-3-4-8(12-14)9-6(7)2-1-5-10-9/h1-5,12,14H. The minimum absolute atomic E-state index is 0.312. The summed E-state index contributed by atoms with van der Waals surface area (Å²) in [6.07, 6.45) is 1.58. The van der Waals surface area contributed by atoms with Crippen LogP contribution in [0.2, 0.25) is 0 Å². The third-order valence-electron chi connectivity index (χ3n) is 1.97. The lowest BCUT2D eigenvalue weighted by Gasteiger charge is -2.04. The van der Waals surface area contributed by atoms with Gasteiger partial charge in [-0.2, -0.15) is 0 Å². The minimum Gasteiger partial charge on any atom is -0.291 e. The molecule has 0 amide bonds. The number of nitrogens with zero attached hydrogens (tertiary/aromatic N) is 2. The van der Waals surface area contributed by atoms with Gasteiger partial charge in [-0.25, -0.2) is 0 Å². The number of rotatable bonds is 2. The molecule has 0 saturated heterocycles. The Balaban J connectivity index is 2.84. The smallest absolute Gasteiger partial charge is 0.117 e. The van der Waals surface area contributed by atoms with Crippen molar-refractivity contribution < 1.29 is 5.21 Å². The summed E-state index contributed by atoms with van der Waals surface area (Å²) in [6.45, 7) is 0. The van der Waals surface area contributed by atoms with E-state index in [2.05, 4.69) is 10.2 Å². The first kappa shape index (κ1) is 8.58. The van der Waals surface area contributed by atoms with Gasteiger partial charge in [-0.3, -0.25) is 15.7 Å². The lowest BCUT2D eigenvalue weighted by atomic mass is 10.1. The van der Waals surface area contributed by atoms with E-state index in [-0.39, 0.29) is 0 Å². The Morgan fingerprint density at radius 1 is 1.36 bits per heavy atom. The van der Waals surface area contributed by atoms with Crippen molar-refractivity contribution in [2.75, 3.05) is 5.48 Å². The summed E-state index contributed by atoms with van der Waals surface area (Å²) in [5, 5.41) is 12.3. The van der Waals surface area contributed by atoms with Crippen molar-refractivity contribution in [3.05, 3.63) is 35.4 Å². The highest BCUT2D eigenvalue weighted by Gasteiger charge is 2.05. The highest BCUT2D eigenvalue weighted by atomic mass is 16.5. The van der Waals surface area contributed by atoms with E-state index < -0.39 is 0 Å². The molecule has 0 spiro atoms. The van der Waals surface area contributed by atoms with Crippen molar-refractivity contribution in [1.82, 2.24) is 4.98 Å². The van der Waals surface area contributed by atoms with E-state index in [1.165, 1.54) is 6.07 Å². The Hall–Kier alpha value is -2.01. The number of benzene rings is 1. The second-order valence-electron chi connectivity index (χ2n) is 2.73. The third-order valence-corrected chi connectivity index (χ3v) is 1.97. The number of hydrogen-bond donors (Lipinski definition) is 2. The van der Waals surface area contributed by atoms with Crippen LogP contribution in [-0.4, -0.2) is 10.2 Å². The highest BCUT2D eigenvalue weighted by Crippen LogP contribution is 2.29. The van der Waals surface area contributed by atoms with Gasteiger partial charge in [-0.1, -0.05) is 0 Å². The summed E-state index contributed by atoms with van der Waals surface area (Å²) >= 11 is 0. The van der Waals surface area contributed by atoms with Gasteiger partial charge in [0.15, 0.2) is 0 Å². The maximum atomic E-state index is 10.5. The van der Waals surface area contributed by atoms with Crippen molar-refractivity contribution in [1.29, 1.82) is 0 Å². The highest BCUT2D eigenvalue weighted by molar-refractivity contribution is 5.97. The maximum absolute atomic E-state index is 10.5. The molecule has 0 fully saturated rings. The second-order valence-corrected chi connectivity index (χ2v) is 2.73. The Morgan fingerprint density at radius 2 is 2.21 bits per heavy atom. The van der Waals surface area contributed by atoms with Gasteiger partial charge in [-0.05, 0) is 29.4 Å². The van der Waals surface area contributed by atoms with Crippen molar-refractivity contribution in [3.8, 4) is 0 Å². The Bertz CT molecular complexity index is 484. The van der Waals surface area contributed by atoms with E-state index >= 15 is 0 Å². The zero-order valence-corrected chi connectivity index (χ0v) is 7.14. The summed E-state index contributed by atoms with van der Waals surface area (Å²) in [7, 11) is 0. The molecule has 1 heterocycles. The zero-order chi connectivity index (χ0) is 9.97. The Kier molecular flexibility index (Phi) is 2.08. The fraction of sp³-hybridized carbons (Fsp3) is 0. The number of hydrogen-bond acceptors (Lipinski definition) is 5. The van der Waals surface area contributed by atoms with E-state index in [9.17, 15) is 4.91 Å². The number of anilines is 1. The van der Waals surface area contributed by atoms with Gasteiger partial charge in [0, 0.05) is 11.6 Å². The fourth-order valence-corrected chi connectivity index (χ4v) is 1.33. The molecule has 0 aliphatic carbocycles. The first-order valence-corrected chi connectivity index (χ1v) is 3.98. The van der Waals surface area contributed by atoms with Crippen LogP contribution in [0.25, 0.3) is 10.9 Å². The quantitative estimate of drug-likeness (QED) is 0.562. The monoisotopic (exact) mass is 189 g/mol. The predicted octanol–water partition coefficient (Wildman–Crippen LogP) is 2.43. The lowest BCUT2D eigenvalue weighted by molar-refractivity contribution is 0.389. The first-order chi connectivity index (χ1) is 6.86. The van der Waals surface area contributed by atoms with Crippen LogP contribution in [0.5, 0.6) is 0 Å². The molecular formula is C9H7N3O2. The SMILES string of the molecule is O=Nc1ccc(NO)c2ncccc12. The zero-order valence-electron chi connectivity index (χ0n) is 7.14. The first-order valence-electron chi connectivity index (χ1n) is 3.98. The molecule has 0 aliphatic heterocycles. The average molecular weight is 189 g/mol. The summed E-state index contributed by atoms with van der Waals surface area (Å²) in [5.74, 6) is 0. The van der Waals surface area contributed by atoms with Crippen molar-refractivity contribution in [2.24, 2.45) is 5.18 Å². The molecule has 0 radical (unpaired) electrons. The molecule has 5 heteroatoms.